The first-order valence-corrected chi connectivity index (χ1v) is 8.79. The van der Waals surface area contributed by atoms with Gasteiger partial charge in [-0.1, -0.05) is 46.0 Å². The molecule has 1 atom stereocenters. The van der Waals surface area contributed by atoms with Crippen molar-refractivity contribution in [2.24, 2.45) is 11.3 Å². The molecule has 2 heteroatoms. The van der Waals surface area contributed by atoms with E-state index in [9.17, 15) is 5.11 Å². The van der Waals surface area contributed by atoms with Gasteiger partial charge < -0.3 is 9.84 Å². The van der Waals surface area contributed by atoms with Gasteiger partial charge in [-0.15, -0.1) is 0 Å². The van der Waals surface area contributed by atoms with Crippen molar-refractivity contribution in [2.75, 3.05) is 6.61 Å². The molecule has 118 valence electrons. The lowest BCUT2D eigenvalue weighted by molar-refractivity contribution is -0.157. The average molecular weight is 282 g/mol. The molecule has 2 aliphatic carbocycles. The zero-order chi connectivity index (χ0) is 14.6. The van der Waals surface area contributed by atoms with Crippen molar-refractivity contribution in [2.45, 2.75) is 96.7 Å². The van der Waals surface area contributed by atoms with Crippen LogP contribution in [0.1, 0.15) is 85.0 Å². The second kappa shape index (κ2) is 6.79. The van der Waals surface area contributed by atoms with Crippen LogP contribution in [0.25, 0.3) is 0 Å². The fourth-order valence-corrected chi connectivity index (χ4v) is 4.16. The Kier molecular flexibility index (Phi) is 5.53. The number of aliphatic hydroxyl groups excluding tert-OH is 1. The van der Waals surface area contributed by atoms with Gasteiger partial charge in [0.05, 0.1) is 11.7 Å². The Labute approximate surface area is 125 Å². The average Bonchev–Trinajstić information content (AvgIpc) is 2.43. The van der Waals surface area contributed by atoms with E-state index in [1.54, 1.807) is 0 Å². The van der Waals surface area contributed by atoms with E-state index in [1.165, 1.54) is 44.9 Å². The molecule has 1 unspecified atom stereocenters. The van der Waals surface area contributed by atoms with Crippen LogP contribution in [0.15, 0.2) is 0 Å². The monoisotopic (exact) mass is 282 g/mol. The topological polar surface area (TPSA) is 29.5 Å². The first-order chi connectivity index (χ1) is 9.47. The van der Waals surface area contributed by atoms with Crippen LogP contribution in [0, 0.1) is 11.3 Å². The molecule has 0 aromatic heterocycles. The number of hydrogen-bond acceptors (Lipinski definition) is 2. The van der Waals surface area contributed by atoms with Crippen LogP contribution in [0.5, 0.6) is 0 Å². The predicted molar refractivity (Wildman–Crippen MR) is 83.8 cm³/mol. The van der Waals surface area contributed by atoms with Crippen molar-refractivity contribution in [1.82, 2.24) is 0 Å². The smallest absolute Gasteiger partial charge is 0.0940 e. The van der Waals surface area contributed by atoms with Gasteiger partial charge in [0.2, 0.25) is 0 Å². The van der Waals surface area contributed by atoms with Gasteiger partial charge in [0.25, 0.3) is 0 Å². The van der Waals surface area contributed by atoms with Crippen LogP contribution in [-0.2, 0) is 4.74 Å². The quantitative estimate of drug-likeness (QED) is 0.792. The highest BCUT2D eigenvalue weighted by molar-refractivity contribution is 4.96. The SMILES string of the molecule is CCOC1(C(O)CC2CCCCC2)CCC(C)(C)CC1. The Bertz CT molecular complexity index is 282. The van der Waals surface area contributed by atoms with Crippen molar-refractivity contribution >= 4 is 0 Å². The van der Waals surface area contributed by atoms with E-state index in [4.69, 9.17) is 4.74 Å². The molecular weight excluding hydrogens is 248 g/mol. The minimum Gasteiger partial charge on any atom is -0.390 e. The maximum Gasteiger partial charge on any atom is 0.0940 e. The number of hydrogen-bond donors (Lipinski definition) is 1. The molecule has 0 radical (unpaired) electrons. The van der Waals surface area contributed by atoms with Gasteiger partial charge in [-0.2, -0.15) is 0 Å². The normalized spacial score (nSPS) is 28.2. The summed E-state index contributed by atoms with van der Waals surface area (Å²) in [7, 11) is 0. The Hall–Kier alpha value is -0.0800. The summed E-state index contributed by atoms with van der Waals surface area (Å²) in [6, 6.07) is 0. The Balaban J connectivity index is 1.96. The fourth-order valence-electron chi connectivity index (χ4n) is 4.16. The maximum atomic E-state index is 10.9. The molecule has 2 nitrogen and oxygen atoms in total. The van der Waals surface area contributed by atoms with Crippen LogP contribution < -0.4 is 0 Å². The summed E-state index contributed by atoms with van der Waals surface area (Å²) < 4.78 is 6.12. The van der Waals surface area contributed by atoms with Crippen LogP contribution in [0.4, 0.5) is 0 Å². The third kappa shape index (κ3) is 3.98. The van der Waals surface area contributed by atoms with Crippen molar-refractivity contribution in [1.29, 1.82) is 0 Å². The molecule has 20 heavy (non-hydrogen) atoms. The molecule has 0 aliphatic heterocycles. The van der Waals surface area contributed by atoms with Gasteiger partial charge in [-0.05, 0) is 50.4 Å². The standard InChI is InChI=1S/C18H34O2/c1-4-20-18(12-10-17(2,3)11-13-18)16(19)14-15-8-6-5-7-9-15/h15-16,19H,4-14H2,1-3H3. The van der Waals surface area contributed by atoms with Crippen LogP contribution >= 0.6 is 0 Å². The molecule has 0 spiro atoms. The van der Waals surface area contributed by atoms with Crippen LogP contribution in [-0.4, -0.2) is 23.4 Å². The second-order valence-electron chi connectivity index (χ2n) is 7.92. The molecule has 2 saturated carbocycles. The lowest BCUT2D eigenvalue weighted by atomic mass is 9.67. The lowest BCUT2D eigenvalue weighted by Crippen LogP contribution is -2.49. The fraction of sp³-hybridized carbons (Fsp3) is 1.00. The third-order valence-electron chi connectivity index (χ3n) is 5.77. The predicted octanol–water partition coefficient (Wildman–Crippen LogP) is 4.69. The van der Waals surface area contributed by atoms with E-state index in [0.717, 1.165) is 31.8 Å². The summed E-state index contributed by atoms with van der Waals surface area (Å²) in [5.74, 6) is 0.728. The van der Waals surface area contributed by atoms with E-state index in [1.807, 2.05) is 0 Å². The molecule has 0 bridgehead atoms. The van der Waals surface area contributed by atoms with Crippen LogP contribution in [0.3, 0.4) is 0 Å². The second-order valence-corrected chi connectivity index (χ2v) is 7.92. The summed E-state index contributed by atoms with van der Waals surface area (Å²) in [4.78, 5) is 0. The maximum absolute atomic E-state index is 10.9. The summed E-state index contributed by atoms with van der Waals surface area (Å²) in [5.41, 5.74) is 0.173. The van der Waals surface area contributed by atoms with E-state index < -0.39 is 0 Å². The van der Waals surface area contributed by atoms with Gasteiger partial charge in [-0.25, -0.2) is 0 Å². The largest absolute Gasteiger partial charge is 0.390 e. The molecule has 2 rings (SSSR count). The highest BCUT2D eigenvalue weighted by Crippen LogP contribution is 2.45. The van der Waals surface area contributed by atoms with E-state index in [0.29, 0.717) is 5.41 Å². The highest BCUT2D eigenvalue weighted by atomic mass is 16.5. The van der Waals surface area contributed by atoms with E-state index >= 15 is 0 Å². The zero-order valence-electron chi connectivity index (χ0n) is 13.8. The van der Waals surface area contributed by atoms with Gasteiger partial charge in [0, 0.05) is 6.61 Å². The minimum absolute atomic E-state index is 0.248. The summed E-state index contributed by atoms with van der Waals surface area (Å²) in [6.45, 7) is 7.48. The van der Waals surface area contributed by atoms with Crippen molar-refractivity contribution in [3.05, 3.63) is 0 Å². The molecule has 0 amide bonds. The van der Waals surface area contributed by atoms with Gasteiger partial charge in [0.1, 0.15) is 0 Å². The Morgan fingerprint density at radius 2 is 1.65 bits per heavy atom. The number of rotatable bonds is 5. The molecule has 0 aromatic rings. The lowest BCUT2D eigenvalue weighted by Gasteiger charge is -2.46. The van der Waals surface area contributed by atoms with Crippen molar-refractivity contribution in [3.8, 4) is 0 Å². The third-order valence-corrected chi connectivity index (χ3v) is 5.77. The molecule has 0 saturated heterocycles. The van der Waals surface area contributed by atoms with Gasteiger partial charge in [-0.3, -0.25) is 0 Å². The molecular formula is C18H34O2. The number of ether oxygens (including phenoxy) is 1. The molecule has 2 fully saturated rings. The highest BCUT2D eigenvalue weighted by Gasteiger charge is 2.44. The molecule has 0 heterocycles. The minimum atomic E-state index is -0.262. The Morgan fingerprint density at radius 3 is 2.20 bits per heavy atom. The first-order valence-electron chi connectivity index (χ1n) is 8.79. The number of aliphatic hydroxyl groups is 1. The van der Waals surface area contributed by atoms with Crippen molar-refractivity contribution in [3.63, 3.8) is 0 Å². The first kappa shape index (κ1) is 16.3. The summed E-state index contributed by atoms with van der Waals surface area (Å²) in [5, 5.41) is 10.9. The van der Waals surface area contributed by atoms with Gasteiger partial charge in [0.15, 0.2) is 0 Å². The molecule has 2 aliphatic rings. The van der Waals surface area contributed by atoms with Gasteiger partial charge >= 0.3 is 0 Å². The van der Waals surface area contributed by atoms with Crippen LogP contribution in [0.2, 0.25) is 0 Å². The van der Waals surface area contributed by atoms with E-state index in [2.05, 4.69) is 20.8 Å². The molecule has 1 N–H and O–H groups in total. The Morgan fingerprint density at radius 1 is 1.05 bits per heavy atom. The molecule has 0 aromatic carbocycles. The zero-order valence-corrected chi connectivity index (χ0v) is 13.8. The summed E-state index contributed by atoms with van der Waals surface area (Å²) in [6.07, 6.45) is 11.8. The van der Waals surface area contributed by atoms with E-state index in [-0.39, 0.29) is 11.7 Å². The summed E-state index contributed by atoms with van der Waals surface area (Å²) >= 11 is 0. The van der Waals surface area contributed by atoms with Crippen molar-refractivity contribution < 1.29 is 9.84 Å².